The van der Waals surface area contributed by atoms with E-state index in [4.69, 9.17) is 0 Å². The van der Waals surface area contributed by atoms with Crippen molar-refractivity contribution in [1.82, 2.24) is 9.88 Å². The second-order valence-corrected chi connectivity index (χ2v) is 8.11. The monoisotopic (exact) mass is 384 g/mol. The zero-order valence-electron chi connectivity index (χ0n) is 14.7. The molecule has 2 aromatic carbocycles. The first-order valence-corrected chi connectivity index (χ1v) is 10.1. The molecule has 0 fully saturated rings. The molecule has 1 N–H and O–H groups in total. The van der Waals surface area contributed by atoms with Crippen LogP contribution in [0.25, 0.3) is 0 Å². The number of carbonyl (C=O) groups excluding carboxylic acids is 1. The summed E-state index contributed by atoms with van der Waals surface area (Å²) < 4.78 is 1.06. The summed E-state index contributed by atoms with van der Waals surface area (Å²) in [5, 5.41) is 11.9. The number of thioether (sulfide) groups is 1. The number of hydrogen-bond acceptors (Lipinski definition) is 5. The Bertz CT molecular complexity index is 891. The Balaban J connectivity index is 1.60. The molecule has 0 atom stereocenters. The van der Waals surface area contributed by atoms with Gasteiger partial charge in [-0.1, -0.05) is 42.1 Å². The Morgan fingerprint density at radius 1 is 1.19 bits per heavy atom. The highest BCUT2D eigenvalue weighted by atomic mass is 32.2. The van der Waals surface area contributed by atoms with Crippen molar-refractivity contribution in [2.75, 3.05) is 7.05 Å². The number of amides is 1. The molecule has 0 aliphatic carbocycles. The van der Waals surface area contributed by atoms with E-state index in [0.717, 1.165) is 26.9 Å². The summed E-state index contributed by atoms with van der Waals surface area (Å²) in [7, 11) is 1.74. The van der Waals surface area contributed by atoms with E-state index in [0.29, 0.717) is 12.1 Å². The molecule has 134 valence electrons. The highest BCUT2D eigenvalue weighted by molar-refractivity contribution is 8.00. The van der Waals surface area contributed by atoms with Crippen LogP contribution in [0.15, 0.2) is 58.3 Å². The van der Waals surface area contributed by atoms with Crippen molar-refractivity contribution in [1.29, 1.82) is 0 Å². The van der Waals surface area contributed by atoms with Gasteiger partial charge in [0.2, 0.25) is 0 Å². The van der Waals surface area contributed by atoms with E-state index < -0.39 is 0 Å². The number of para-hydroxylation sites is 1. The first-order chi connectivity index (χ1) is 12.5. The molecule has 0 spiro atoms. The molecule has 0 bridgehead atoms. The fourth-order valence-electron chi connectivity index (χ4n) is 2.48. The molecule has 3 aromatic rings. The molecular weight excluding hydrogens is 364 g/mol. The molecule has 0 radical (unpaired) electrons. The molecule has 0 saturated carbocycles. The van der Waals surface area contributed by atoms with Crippen LogP contribution in [-0.4, -0.2) is 27.9 Å². The SMILES string of the molecule is Cc1csc(SCc2ccc(C(=O)N(C)Cc3ccccc3O)cc2)n1. The number of thiazole rings is 1. The van der Waals surface area contributed by atoms with Crippen LogP contribution in [0.3, 0.4) is 0 Å². The van der Waals surface area contributed by atoms with E-state index in [1.807, 2.05) is 48.7 Å². The van der Waals surface area contributed by atoms with Gasteiger partial charge in [-0.15, -0.1) is 11.3 Å². The van der Waals surface area contributed by atoms with E-state index in [-0.39, 0.29) is 11.7 Å². The summed E-state index contributed by atoms with van der Waals surface area (Å²) in [4.78, 5) is 18.6. The summed E-state index contributed by atoms with van der Waals surface area (Å²) >= 11 is 3.36. The quantitative estimate of drug-likeness (QED) is 0.625. The number of aromatic hydroxyl groups is 1. The van der Waals surface area contributed by atoms with Gasteiger partial charge >= 0.3 is 0 Å². The molecule has 1 aromatic heterocycles. The lowest BCUT2D eigenvalue weighted by molar-refractivity contribution is 0.0784. The number of benzene rings is 2. The maximum absolute atomic E-state index is 12.6. The maximum atomic E-state index is 12.6. The molecule has 6 heteroatoms. The fraction of sp³-hybridized carbons (Fsp3) is 0.200. The Morgan fingerprint density at radius 3 is 2.58 bits per heavy atom. The molecular formula is C20H20N2O2S2. The van der Waals surface area contributed by atoms with Crippen LogP contribution in [0.5, 0.6) is 5.75 Å². The van der Waals surface area contributed by atoms with Gasteiger partial charge in [0.25, 0.3) is 5.91 Å². The number of rotatable bonds is 6. The molecule has 1 amide bonds. The van der Waals surface area contributed by atoms with Gasteiger partial charge in [-0.05, 0) is 30.7 Å². The number of aromatic nitrogens is 1. The summed E-state index contributed by atoms with van der Waals surface area (Å²) in [6, 6.07) is 14.7. The van der Waals surface area contributed by atoms with E-state index >= 15 is 0 Å². The van der Waals surface area contributed by atoms with Crippen LogP contribution in [0, 0.1) is 6.92 Å². The minimum atomic E-state index is -0.0667. The highest BCUT2D eigenvalue weighted by Gasteiger charge is 2.13. The van der Waals surface area contributed by atoms with E-state index in [1.54, 1.807) is 47.2 Å². The molecule has 1 heterocycles. The second-order valence-electron chi connectivity index (χ2n) is 6.03. The van der Waals surface area contributed by atoms with Gasteiger partial charge in [0.1, 0.15) is 10.1 Å². The third kappa shape index (κ3) is 4.65. The third-order valence-electron chi connectivity index (χ3n) is 3.91. The van der Waals surface area contributed by atoms with Crippen molar-refractivity contribution in [3.8, 4) is 5.75 Å². The Kier molecular flexibility index (Phi) is 5.96. The van der Waals surface area contributed by atoms with E-state index in [1.165, 1.54) is 0 Å². The van der Waals surface area contributed by atoms with Crippen LogP contribution in [0.1, 0.15) is 27.2 Å². The van der Waals surface area contributed by atoms with Gasteiger partial charge < -0.3 is 10.0 Å². The topological polar surface area (TPSA) is 53.4 Å². The molecule has 0 aliphatic rings. The van der Waals surface area contributed by atoms with Crippen LogP contribution in [0.2, 0.25) is 0 Å². The van der Waals surface area contributed by atoms with Gasteiger partial charge in [-0.2, -0.15) is 0 Å². The minimum absolute atomic E-state index is 0.0667. The second kappa shape index (κ2) is 8.38. The Morgan fingerprint density at radius 2 is 1.92 bits per heavy atom. The molecule has 26 heavy (non-hydrogen) atoms. The number of carbonyl (C=O) groups is 1. The molecule has 0 unspecified atom stereocenters. The van der Waals surface area contributed by atoms with Crippen molar-refractivity contribution in [2.45, 2.75) is 23.6 Å². The van der Waals surface area contributed by atoms with Crippen molar-refractivity contribution in [3.63, 3.8) is 0 Å². The molecule has 0 aliphatic heterocycles. The lowest BCUT2D eigenvalue weighted by Gasteiger charge is -2.18. The lowest BCUT2D eigenvalue weighted by Crippen LogP contribution is -2.26. The fourth-order valence-corrected chi connectivity index (χ4v) is 4.28. The number of hydrogen-bond donors (Lipinski definition) is 1. The van der Waals surface area contributed by atoms with E-state index in [9.17, 15) is 9.90 Å². The van der Waals surface area contributed by atoms with Crippen molar-refractivity contribution in [2.24, 2.45) is 0 Å². The summed E-state index contributed by atoms with van der Waals surface area (Å²) in [6.07, 6.45) is 0. The largest absolute Gasteiger partial charge is 0.508 e. The number of aryl methyl sites for hydroxylation is 1. The molecule has 4 nitrogen and oxygen atoms in total. The zero-order chi connectivity index (χ0) is 18.5. The zero-order valence-corrected chi connectivity index (χ0v) is 16.3. The summed E-state index contributed by atoms with van der Waals surface area (Å²) in [6.45, 7) is 2.36. The number of nitrogens with zero attached hydrogens (tertiary/aromatic N) is 2. The van der Waals surface area contributed by atoms with Gasteiger partial charge in [0, 0.05) is 41.5 Å². The van der Waals surface area contributed by atoms with E-state index in [2.05, 4.69) is 4.98 Å². The van der Waals surface area contributed by atoms with Gasteiger partial charge in [0.15, 0.2) is 0 Å². The van der Waals surface area contributed by atoms with Gasteiger partial charge in [0.05, 0.1) is 0 Å². The Labute approximate surface area is 161 Å². The summed E-state index contributed by atoms with van der Waals surface area (Å²) in [5.41, 5.74) is 3.57. The average molecular weight is 385 g/mol. The van der Waals surface area contributed by atoms with Crippen LogP contribution in [-0.2, 0) is 12.3 Å². The van der Waals surface area contributed by atoms with Gasteiger partial charge in [-0.3, -0.25) is 4.79 Å². The number of phenols is 1. The first kappa shape index (κ1) is 18.5. The predicted molar refractivity (Wildman–Crippen MR) is 107 cm³/mol. The molecule has 0 saturated heterocycles. The van der Waals surface area contributed by atoms with Crippen molar-refractivity contribution in [3.05, 3.63) is 76.3 Å². The van der Waals surface area contributed by atoms with Gasteiger partial charge in [-0.25, -0.2) is 4.98 Å². The smallest absolute Gasteiger partial charge is 0.253 e. The molecule has 3 rings (SSSR count). The van der Waals surface area contributed by atoms with Crippen molar-refractivity contribution >= 4 is 29.0 Å². The highest BCUT2D eigenvalue weighted by Crippen LogP contribution is 2.26. The maximum Gasteiger partial charge on any atom is 0.253 e. The Hall–Kier alpha value is -2.31. The average Bonchev–Trinajstić information content (AvgIpc) is 3.07. The third-order valence-corrected chi connectivity index (χ3v) is 6.12. The van der Waals surface area contributed by atoms with Crippen molar-refractivity contribution < 1.29 is 9.90 Å². The predicted octanol–water partition coefficient (Wildman–Crippen LogP) is 4.72. The standard InChI is InChI=1S/C20H20N2O2S2/c1-14-12-25-20(21-14)26-13-15-7-9-16(10-8-15)19(24)22(2)11-17-5-3-4-6-18(17)23/h3-10,12,23H,11,13H2,1-2H3. The minimum Gasteiger partial charge on any atom is -0.508 e. The van der Waals surface area contributed by atoms with Crippen LogP contribution in [0.4, 0.5) is 0 Å². The van der Waals surface area contributed by atoms with Crippen LogP contribution >= 0.6 is 23.1 Å². The first-order valence-electron chi connectivity index (χ1n) is 8.19. The number of phenolic OH excluding ortho intramolecular Hbond substituents is 1. The normalized spacial score (nSPS) is 10.7. The lowest BCUT2D eigenvalue weighted by atomic mass is 10.1. The summed E-state index contributed by atoms with van der Waals surface area (Å²) in [5.74, 6) is 0.967. The van der Waals surface area contributed by atoms with Crippen LogP contribution < -0.4 is 0 Å².